The molecule has 0 spiro atoms. The molecule has 0 saturated heterocycles. The van der Waals surface area contributed by atoms with Gasteiger partial charge in [-0.15, -0.1) is 0 Å². The molecule has 0 atom stereocenters. The maximum absolute atomic E-state index is 8.75. The Morgan fingerprint density at radius 2 is 1.94 bits per heavy atom. The van der Waals surface area contributed by atoms with Gasteiger partial charge in [-0.25, -0.2) is 4.98 Å². The van der Waals surface area contributed by atoms with E-state index in [1.807, 2.05) is 48.9 Å². The van der Waals surface area contributed by atoms with Crippen molar-refractivity contribution in [3.05, 3.63) is 43.0 Å². The van der Waals surface area contributed by atoms with E-state index in [1.165, 1.54) is 0 Å². The van der Waals surface area contributed by atoms with Crippen LogP contribution in [0.3, 0.4) is 0 Å². The molecule has 0 aliphatic carbocycles. The van der Waals surface area contributed by atoms with E-state index in [1.54, 1.807) is 12.5 Å². The summed E-state index contributed by atoms with van der Waals surface area (Å²) < 4.78 is 20.5. The van der Waals surface area contributed by atoms with Gasteiger partial charge in [0, 0.05) is 18.1 Å². The summed E-state index contributed by atoms with van der Waals surface area (Å²) in [6, 6.07) is 7.96. The number of nitrogens with zero attached hydrogens (tertiary/aromatic N) is 2. The molecule has 0 aliphatic rings. The number of hydrogen-bond acceptors (Lipinski definition) is 2. The summed E-state index contributed by atoms with van der Waals surface area (Å²) in [5, 5.41) is 0. The molecule has 0 aliphatic heterocycles. The molecule has 2 aromatic rings. The van der Waals surface area contributed by atoms with Gasteiger partial charge in [-0.1, -0.05) is 7.43 Å². The standard InChI is InChI=1S/C12H14N2O.CH4.FH/c1-10(2)15-12-5-3-11(4-6-12)14-8-7-13-9-14;;/h3-10H,1-2H3;1H4;1H/i/hT. The molecule has 17 heavy (non-hydrogen) atoms. The van der Waals surface area contributed by atoms with Gasteiger partial charge in [-0.05, 0) is 38.1 Å². The lowest BCUT2D eigenvalue weighted by molar-refractivity contribution is 0.242. The SMILES string of the molecule is C.CC(C)Oc1ccc(-n2ccnc2)cc1.[3H]F. The number of benzene rings is 1. The predicted octanol–water partition coefficient (Wildman–Crippen LogP) is 3.45. The first kappa shape index (κ1) is 13.2. The zero-order valence-electron chi connectivity index (χ0n) is 10.3. The van der Waals surface area contributed by atoms with E-state index in [0.717, 1.165) is 11.4 Å². The molecule has 0 saturated carbocycles. The summed E-state index contributed by atoms with van der Waals surface area (Å²) in [5.74, 6) is 0.897. The van der Waals surface area contributed by atoms with Crippen LogP contribution in [0.4, 0.5) is 4.72 Å². The Morgan fingerprint density at radius 3 is 2.41 bits per heavy atom. The van der Waals surface area contributed by atoms with Crippen LogP contribution in [0.25, 0.3) is 5.69 Å². The molecular formula is C13H19FN2O. The van der Waals surface area contributed by atoms with Crippen molar-refractivity contribution in [1.82, 2.24) is 9.55 Å². The number of imidazole rings is 1. The number of rotatable bonds is 3. The Balaban J connectivity index is 0.000000917. The Bertz CT molecular complexity index is 415. The molecule has 3 nitrogen and oxygen atoms in total. The molecule has 1 heterocycles. The van der Waals surface area contributed by atoms with Crippen LogP contribution in [0.15, 0.2) is 43.0 Å². The fraction of sp³-hybridized carbons (Fsp3) is 0.308. The van der Waals surface area contributed by atoms with Crippen molar-refractivity contribution < 1.29 is 9.45 Å². The molecule has 0 fully saturated rings. The monoisotopic (exact) mass is 240 g/mol. The van der Waals surface area contributed by atoms with Gasteiger partial charge in [0.15, 0.2) is 0 Å². The van der Waals surface area contributed by atoms with E-state index >= 15 is 0 Å². The van der Waals surface area contributed by atoms with Crippen LogP contribution in [0.1, 0.15) is 21.3 Å². The maximum atomic E-state index is 8.75. The zero-order valence-corrected chi connectivity index (χ0v) is 9.30. The van der Waals surface area contributed by atoms with Gasteiger partial charge < -0.3 is 9.30 Å². The van der Waals surface area contributed by atoms with Crippen LogP contribution in [0.2, 0.25) is 0 Å². The van der Waals surface area contributed by atoms with Crippen molar-refractivity contribution in [3.8, 4) is 11.4 Å². The first-order valence-corrected chi connectivity index (χ1v) is 5.01. The highest BCUT2D eigenvalue weighted by atomic mass is 19.0. The summed E-state index contributed by atoms with van der Waals surface area (Å²) in [7, 11) is 0. The van der Waals surface area contributed by atoms with Gasteiger partial charge >= 0.3 is 0 Å². The van der Waals surface area contributed by atoms with Crippen LogP contribution in [-0.4, -0.2) is 17.1 Å². The number of halogens is 1. The second-order valence-corrected chi connectivity index (χ2v) is 3.63. The summed E-state index contributed by atoms with van der Waals surface area (Å²) >= 11 is 0. The van der Waals surface area contributed by atoms with Crippen LogP contribution in [-0.2, 0) is 0 Å². The lowest BCUT2D eigenvalue weighted by atomic mass is 10.3. The molecule has 0 bridgehead atoms. The molecule has 2 rings (SSSR count). The van der Waals surface area contributed by atoms with E-state index in [4.69, 9.17) is 9.45 Å². The fourth-order valence-electron chi connectivity index (χ4n) is 1.38. The van der Waals surface area contributed by atoms with Crippen LogP contribution < -0.4 is 4.74 Å². The smallest absolute Gasteiger partial charge is 0.269 e. The quantitative estimate of drug-likeness (QED) is 0.821. The summed E-state index contributed by atoms with van der Waals surface area (Å²) in [6.45, 7) is 4.04. The highest BCUT2D eigenvalue weighted by molar-refractivity contribution is 5.37. The third-order valence-electron chi connectivity index (χ3n) is 2.01. The topological polar surface area (TPSA) is 27.1 Å². The van der Waals surface area contributed by atoms with Gasteiger partial charge in [0.1, 0.15) is 5.75 Å². The molecule has 4 heteroatoms. The second kappa shape index (κ2) is 6.68. The molecule has 0 amide bonds. The van der Waals surface area contributed by atoms with Crippen molar-refractivity contribution in [2.45, 2.75) is 27.4 Å². The maximum Gasteiger partial charge on any atom is 0.269 e. The van der Waals surface area contributed by atoms with Crippen molar-refractivity contribution in [3.63, 3.8) is 0 Å². The molecule has 94 valence electrons. The minimum atomic E-state index is 0. The van der Waals surface area contributed by atoms with Crippen molar-refractivity contribution >= 4 is 0 Å². The first-order valence-electron chi connectivity index (χ1n) is 5.38. The molecular weight excluding hydrogens is 219 g/mol. The molecule has 0 unspecified atom stereocenters. The number of hydrogen-bond donors (Lipinski definition) is 0. The molecule has 1 aromatic heterocycles. The average molecular weight is 240 g/mol. The third-order valence-corrected chi connectivity index (χ3v) is 2.01. The van der Waals surface area contributed by atoms with Gasteiger partial charge in [0.05, 0.1) is 12.4 Å². The summed E-state index contributed by atoms with van der Waals surface area (Å²) in [5.41, 5.74) is 1.09. The Kier molecular flexibility index (Phi) is 5.20. The predicted molar refractivity (Wildman–Crippen MR) is 68.6 cm³/mol. The van der Waals surface area contributed by atoms with Gasteiger partial charge in [0.2, 0.25) is 0 Å². The highest BCUT2D eigenvalue weighted by Crippen LogP contribution is 2.16. The Hall–Kier alpha value is -1.84. The van der Waals surface area contributed by atoms with Gasteiger partial charge in [-0.3, -0.25) is 4.72 Å². The number of aromatic nitrogens is 2. The minimum Gasteiger partial charge on any atom is -0.491 e. The molecule has 0 N–H and O–H groups in total. The Labute approximate surface area is 103 Å². The Morgan fingerprint density at radius 1 is 1.29 bits per heavy atom. The largest absolute Gasteiger partial charge is 0.491 e. The van der Waals surface area contributed by atoms with Crippen LogP contribution in [0.5, 0.6) is 5.75 Å². The summed E-state index contributed by atoms with van der Waals surface area (Å²) in [4.78, 5) is 4.00. The molecule has 1 aromatic carbocycles. The summed E-state index contributed by atoms with van der Waals surface area (Å²) in [6.07, 6.45) is 5.67. The fourth-order valence-corrected chi connectivity index (χ4v) is 1.38. The van der Waals surface area contributed by atoms with E-state index < -0.39 is 0 Å². The van der Waals surface area contributed by atoms with Gasteiger partial charge in [-0.2, -0.15) is 0 Å². The average Bonchev–Trinajstić information content (AvgIpc) is 2.85. The normalized spacial score (nSPS) is 9.76. The zero-order chi connectivity index (χ0) is 12.7. The lowest BCUT2D eigenvalue weighted by Gasteiger charge is -2.10. The van der Waals surface area contributed by atoms with Crippen molar-refractivity contribution in [2.75, 3.05) is 0 Å². The minimum absolute atomic E-state index is 0. The van der Waals surface area contributed by atoms with Crippen molar-refractivity contribution in [1.29, 1.82) is 1.45 Å². The van der Waals surface area contributed by atoms with Crippen LogP contribution >= 0.6 is 0 Å². The number of ether oxygens (including phenoxy) is 1. The van der Waals surface area contributed by atoms with E-state index in [-0.39, 0.29) is 13.5 Å². The van der Waals surface area contributed by atoms with E-state index in [9.17, 15) is 0 Å². The van der Waals surface area contributed by atoms with Gasteiger partial charge in [0.25, 0.3) is 1.45 Å². The third kappa shape index (κ3) is 3.90. The highest BCUT2D eigenvalue weighted by Gasteiger charge is 1.98. The van der Waals surface area contributed by atoms with Crippen LogP contribution in [0, 0.1) is 0 Å². The van der Waals surface area contributed by atoms with Crippen molar-refractivity contribution in [2.24, 2.45) is 0 Å². The van der Waals surface area contributed by atoms with E-state index in [2.05, 4.69) is 6.43 Å². The molecule has 0 radical (unpaired) electrons. The van der Waals surface area contributed by atoms with E-state index in [0.29, 0.717) is 0 Å². The lowest BCUT2D eigenvalue weighted by Crippen LogP contribution is -2.05. The first-order chi connectivity index (χ1) is 8.25. The second-order valence-electron chi connectivity index (χ2n) is 3.63.